The predicted molar refractivity (Wildman–Crippen MR) is 55.4 cm³/mol. The largest absolute Gasteiger partial charge is 0.298 e. The third-order valence-electron chi connectivity index (χ3n) is 1.38. The molecule has 1 heterocycles. The second-order valence-corrected chi connectivity index (χ2v) is 4.82. The van der Waals surface area contributed by atoms with E-state index >= 15 is 0 Å². The summed E-state index contributed by atoms with van der Waals surface area (Å²) in [5.74, 6) is 0. The Balaban J connectivity index is 2.58. The molecule has 0 aromatic carbocycles. The average Bonchev–Trinajstić information content (AvgIpc) is 2.52. The molecular formula is C8H12N2S2. The maximum atomic E-state index is 7.48. The van der Waals surface area contributed by atoms with E-state index < -0.39 is 0 Å². The Morgan fingerprint density at radius 3 is 2.92 bits per heavy atom. The second kappa shape index (κ2) is 4.62. The second-order valence-electron chi connectivity index (χ2n) is 2.31. The summed E-state index contributed by atoms with van der Waals surface area (Å²) >= 11 is 3.21. The molecule has 0 radical (unpaired) electrons. The van der Waals surface area contributed by atoms with Crippen LogP contribution >= 0.6 is 23.1 Å². The van der Waals surface area contributed by atoms with Crippen LogP contribution in [0.2, 0.25) is 0 Å². The van der Waals surface area contributed by atoms with Crippen molar-refractivity contribution in [2.75, 3.05) is 0 Å². The van der Waals surface area contributed by atoms with Crippen molar-refractivity contribution in [3.05, 3.63) is 11.2 Å². The van der Waals surface area contributed by atoms with Gasteiger partial charge in [0.1, 0.15) is 0 Å². The molecule has 1 aromatic rings. The first-order valence-electron chi connectivity index (χ1n) is 3.96. The van der Waals surface area contributed by atoms with Crippen LogP contribution in [0.15, 0.2) is 10.4 Å². The molecular weight excluding hydrogens is 188 g/mol. The summed E-state index contributed by atoms with van der Waals surface area (Å²) in [6.07, 6.45) is 3.66. The molecule has 0 bridgehead atoms. The fraction of sp³-hybridized carbons (Fsp3) is 0.500. The van der Waals surface area contributed by atoms with Crippen molar-refractivity contribution in [2.24, 2.45) is 0 Å². The highest BCUT2D eigenvalue weighted by atomic mass is 32.2. The van der Waals surface area contributed by atoms with Crippen molar-refractivity contribution in [2.45, 2.75) is 30.9 Å². The van der Waals surface area contributed by atoms with Gasteiger partial charge < -0.3 is 0 Å². The van der Waals surface area contributed by atoms with Gasteiger partial charge in [-0.25, -0.2) is 4.98 Å². The highest BCUT2D eigenvalue weighted by Gasteiger charge is 2.02. The Kier molecular flexibility index (Phi) is 3.75. The van der Waals surface area contributed by atoms with Gasteiger partial charge in [0.25, 0.3) is 0 Å². The molecule has 2 nitrogen and oxygen atoms in total. The van der Waals surface area contributed by atoms with Crippen LogP contribution in [-0.2, 0) is 6.42 Å². The van der Waals surface area contributed by atoms with Crippen molar-refractivity contribution in [3.63, 3.8) is 0 Å². The quantitative estimate of drug-likeness (QED) is 0.462. The first-order valence-corrected chi connectivity index (χ1v) is 5.59. The van der Waals surface area contributed by atoms with E-state index in [4.69, 9.17) is 5.41 Å². The first kappa shape index (κ1) is 9.74. The van der Waals surface area contributed by atoms with E-state index in [0.29, 0.717) is 5.04 Å². The van der Waals surface area contributed by atoms with Gasteiger partial charge in [0.05, 0.1) is 20.5 Å². The molecule has 0 aliphatic heterocycles. The van der Waals surface area contributed by atoms with Crippen molar-refractivity contribution in [1.29, 1.82) is 5.41 Å². The number of rotatable bonds is 3. The topological polar surface area (TPSA) is 36.7 Å². The van der Waals surface area contributed by atoms with Crippen LogP contribution in [0.4, 0.5) is 0 Å². The van der Waals surface area contributed by atoms with Gasteiger partial charge in [0.2, 0.25) is 0 Å². The Bertz CT molecular complexity index is 268. The summed E-state index contributed by atoms with van der Waals surface area (Å²) in [5.41, 5.74) is 0. The van der Waals surface area contributed by atoms with Crippen molar-refractivity contribution < 1.29 is 0 Å². The van der Waals surface area contributed by atoms with E-state index in [-0.39, 0.29) is 0 Å². The van der Waals surface area contributed by atoms with Crippen LogP contribution in [-0.4, -0.2) is 10.0 Å². The number of nitrogens with one attached hydrogen (secondary N) is 1. The molecule has 0 fully saturated rings. The van der Waals surface area contributed by atoms with Crippen LogP contribution in [0, 0.1) is 5.41 Å². The van der Waals surface area contributed by atoms with Gasteiger partial charge in [-0.3, -0.25) is 5.41 Å². The summed E-state index contributed by atoms with van der Waals surface area (Å²) in [7, 11) is 0. The van der Waals surface area contributed by atoms with Gasteiger partial charge in [-0.1, -0.05) is 25.6 Å². The molecule has 0 unspecified atom stereocenters. The van der Waals surface area contributed by atoms with E-state index in [1.807, 2.05) is 13.1 Å². The zero-order chi connectivity index (χ0) is 8.97. The van der Waals surface area contributed by atoms with Crippen LogP contribution in [0.25, 0.3) is 0 Å². The normalized spacial score (nSPS) is 10.2. The fourth-order valence-electron chi connectivity index (χ4n) is 0.698. The van der Waals surface area contributed by atoms with Crippen LogP contribution in [0.5, 0.6) is 0 Å². The third-order valence-corrected chi connectivity index (χ3v) is 3.66. The first-order chi connectivity index (χ1) is 5.76. The number of aryl methyl sites for hydroxylation is 1. The zero-order valence-corrected chi connectivity index (χ0v) is 8.89. The number of thioether (sulfide) groups is 1. The van der Waals surface area contributed by atoms with Gasteiger partial charge >= 0.3 is 0 Å². The molecule has 1 aromatic heterocycles. The number of aromatic nitrogens is 1. The van der Waals surface area contributed by atoms with Gasteiger partial charge in [-0.2, -0.15) is 0 Å². The van der Waals surface area contributed by atoms with E-state index in [1.54, 1.807) is 11.3 Å². The molecule has 1 rings (SSSR count). The van der Waals surface area contributed by atoms with Crippen LogP contribution in [0.1, 0.15) is 25.3 Å². The summed E-state index contributed by atoms with van der Waals surface area (Å²) in [4.78, 5) is 4.22. The lowest BCUT2D eigenvalue weighted by molar-refractivity contribution is 1.09. The molecule has 0 atom stereocenters. The van der Waals surface area contributed by atoms with Crippen molar-refractivity contribution in [3.8, 4) is 0 Å². The zero-order valence-electron chi connectivity index (χ0n) is 7.26. The number of hydrogen-bond acceptors (Lipinski definition) is 4. The predicted octanol–water partition coefficient (Wildman–Crippen LogP) is 3.18. The van der Waals surface area contributed by atoms with Crippen molar-refractivity contribution in [1.82, 2.24) is 4.98 Å². The SMILES string of the molecule is CCC(=N)Sc1cnc(CC)s1. The Morgan fingerprint density at radius 2 is 2.42 bits per heavy atom. The summed E-state index contributed by atoms with van der Waals surface area (Å²) in [5, 5.41) is 9.35. The monoisotopic (exact) mass is 200 g/mol. The minimum atomic E-state index is 0.710. The van der Waals surface area contributed by atoms with Gasteiger partial charge in [-0.05, 0) is 12.8 Å². The summed E-state index contributed by atoms with van der Waals surface area (Å²) in [6.45, 7) is 4.09. The Morgan fingerprint density at radius 1 is 1.67 bits per heavy atom. The van der Waals surface area contributed by atoms with Crippen LogP contribution < -0.4 is 0 Å². The van der Waals surface area contributed by atoms with E-state index in [2.05, 4.69) is 11.9 Å². The standard InChI is InChI=1S/C8H12N2S2/c1-3-6(9)11-8-5-10-7(4-2)12-8/h5,9H,3-4H2,1-2H3. The fourth-order valence-corrected chi connectivity index (χ4v) is 2.53. The lowest BCUT2D eigenvalue weighted by Crippen LogP contribution is -1.82. The molecule has 0 spiro atoms. The Labute approximate surface area is 80.9 Å². The molecule has 0 aliphatic carbocycles. The average molecular weight is 200 g/mol. The molecule has 1 N–H and O–H groups in total. The maximum Gasteiger partial charge on any atom is 0.0934 e. The molecule has 0 saturated heterocycles. The summed E-state index contributed by atoms with van der Waals surface area (Å²) in [6, 6.07) is 0. The Hall–Kier alpha value is -0.350. The number of thiazole rings is 1. The highest BCUT2D eigenvalue weighted by molar-refractivity contribution is 8.15. The van der Waals surface area contributed by atoms with Gasteiger partial charge in [0, 0.05) is 0 Å². The number of nitrogens with zero attached hydrogens (tertiary/aromatic N) is 1. The minimum Gasteiger partial charge on any atom is -0.298 e. The van der Waals surface area contributed by atoms with E-state index in [9.17, 15) is 0 Å². The van der Waals surface area contributed by atoms with Crippen molar-refractivity contribution >= 4 is 28.1 Å². The van der Waals surface area contributed by atoms with E-state index in [1.165, 1.54) is 11.8 Å². The van der Waals surface area contributed by atoms with Crippen LogP contribution in [0.3, 0.4) is 0 Å². The molecule has 0 amide bonds. The molecule has 12 heavy (non-hydrogen) atoms. The third kappa shape index (κ3) is 2.60. The highest BCUT2D eigenvalue weighted by Crippen LogP contribution is 2.26. The van der Waals surface area contributed by atoms with Gasteiger partial charge in [0.15, 0.2) is 0 Å². The summed E-state index contributed by atoms with van der Waals surface area (Å²) < 4.78 is 1.14. The van der Waals surface area contributed by atoms with E-state index in [0.717, 1.165) is 22.1 Å². The molecule has 4 heteroatoms. The smallest absolute Gasteiger partial charge is 0.0934 e. The lowest BCUT2D eigenvalue weighted by Gasteiger charge is -1.93. The lowest BCUT2D eigenvalue weighted by atomic mass is 10.5. The molecule has 0 aliphatic rings. The minimum absolute atomic E-state index is 0.710. The van der Waals surface area contributed by atoms with Gasteiger partial charge in [-0.15, -0.1) is 11.3 Å². The number of hydrogen-bond donors (Lipinski definition) is 1. The molecule has 0 saturated carbocycles. The maximum absolute atomic E-state index is 7.48. The molecule has 66 valence electrons.